The van der Waals surface area contributed by atoms with Crippen LogP contribution in [0.5, 0.6) is 0 Å². The Hall–Kier alpha value is -0.250. The molecule has 2 fully saturated rings. The number of hydrogen-bond acceptors (Lipinski definition) is 5. The van der Waals surface area contributed by atoms with Gasteiger partial charge >= 0.3 is 0 Å². The molecule has 0 bridgehead atoms. The first-order valence-electron chi connectivity index (χ1n) is 9.39. The molecule has 2 rings (SSSR count). The highest BCUT2D eigenvalue weighted by molar-refractivity contribution is 7.86. The van der Waals surface area contributed by atoms with Gasteiger partial charge in [0.05, 0.1) is 13.2 Å². The molecular weight excluding hydrogens is 342 g/mol. The minimum atomic E-state index is -3.36. The number of methoxy groups -OCH3 is 2. The van der Waals surface area contributed by atoms with Gasteiger partial charge < -0.3 is 14.4 Å². The van der Waals surface area contributed by atoms with Gasteiger partial charge in [0.15, 0.2) is 0 Å². The van der Waals surface area contributed by atoms with Crippen LogP contribution in [-0.4, -0.2) is 95.7 Å². The summed E-state index contributed by atoms with van der Waals surface area (Å²) in [5.74, 6) is 0.754. The first-order chi connectivity index (χ1) is 12.0. The summed E-state index contributed by atoms with van der Waals surface area (Å²) < 4.78 is 39.4. The highest BCUT2D eigenvalue weighted by Crippen LogP contribution is 2.23. The van der Waals surface area contributed by atoms with Crippen molar-refractivity contribution >= 4 is 10.2 Å². The molecule has 2 heterocycles. The maximum absolute atomic E-state index is 12.9. The number of likely N-dealkylation sites (tertiary alicyclic amines) is 1. The zero-order valence-corrected chi connectivity index (χ0v) is 16.8. The molecule has 0 spiro atoms. The van der Waals surface area contributed by atoms with Gasteiger partial charge in [0.2, 0.25) is 0 Å². The number of rotatable bonds is 9. The maximum Gasteiger partial charge on any atom is 0.281 e. The lowest BCUT2D eigenvalue weighted by Gasteiger charge is -2.37. The molecule has 148 valence electrons. The largest absolute Gasteiger partial charge is 0.384 e. The lowest BCUT2D eigenvalue weighted by molar-refractivity contribution is 0.111. The zero-order valence-electron chi connectivity index (χ0n) is 16.0. The van der Waals surface area contributed by atoms with Crippen molar-refractivity contribution < 1.29 is 17.9 Å². The van der Waals surface area contributed by atoms with Crippen molar-refractivity contribution in [2.24, 2.45) is 11.8 Å². The molecular formula is C17H35N3O4S. The van der Waals surface area contributed by atoms with E-state index in [9.17, 15) is 8.42 Å². The lowest BCUT2D eigenvalue weighted by atomic mass is 9.97. The van der Waals surface area contributed by atoms with Gasteiger partial charge in [0, 0.05) is 47.4 Å². The molecule has 0 aliphatic carbocycles. The van der Waals surface area contributed by atoms with E-state index < -0.39 is 10.2 Å². The number of nitrogens with zero attached hydrogens (tertiary/aromatic N) is 3. The second-order valence-corrected chi connectivity index (χ2v) is 9.42. The summed E-state index contributed by atoms with van der Waals surface area (Å²) >= 11 is 0. The number of hydrogen-bond donors (Lipinski definition) is 0. The predicted molar refractivity (Wildman–Crippen MR) is 98.8 cm³/mol. The van der Waals surface area contributed by atoms with E-state index in [1.54, 1.807) is 29.9 Å². The van der Waals surface area contributed by atoms with Crippen molar-refractivity contribution in [2.75, 3.05) is 73.7 Å². The molecule has 0 amide bonds. The summed E-state index contributed by atoms with van der Waals surface area (Å²) in [6, 6.07) is 0. The molecule has 2 saturated heterocycles. The zero-order chi connectivity index (χ0) is 18.3. The molecule has 25 heavy (non-hydrogen) atoms. The third-order valence-electron chi connectivity index (χ3n) is 5.44. The van der Waals surface area contributed by atoms with Gasteiger partial charge in [-0.25, -0.2) is 0 Å². The van der Waals surface area contributed by atoms with E-state index in [0.717, 1.165) is 51.9 Å². The minimum Gasteiger partial charge on any atom is -0.384 e. The van der Waals surface area contributed by atoms with E-state index >= 15 is 0 Å². The standard InChI is InChI=1S/C17H35N3O4S/c1-18(13-16-6-9-19(10-7-16)11-12-23-2)25(21,22)20-8-4-5-17(14-20)15-24-3/h16-17H,4-15H2,1-3H3. The average molecular weight is 378 g/mol. The topological polar surface area (TPSA) is 62.3 Å². The Kier molecular flexibility index (Phi) is 8.57. The van der Waals surface area contributed by atoms with Crippen LogP contribution in [-0.2, 0) is 19.7 Å². The van der Waals surface area contributed by atoms with E-state index in [1.165, 1.54) is 0 Å². The van der Waals surface area contributed by atoms with Crippen molar-refractivity contribution in [1.29, 1.82) is 0 Å². The lowest BCUT2D eigenvalue weighted by Crippen LogP contribution is -2.49. The normalized spacial score (nSPS) is 24.9. The van der Waals surface area contributed by atoms with Crippen LogP contribution in [0.15, 0.2) is 0 Å². The summed E-state index contributed by atoms with van der Waals surface area (Å²) in [4.78, 5) is 2.40. The second-order valence-electron chi connectivity index (χ2n) is 7.39. The van der Waals surface area contributed by atoms with Crippen molar-refractivity contribution in [3.05, 3.63) is 0 Å². The van der Waals surface area contributed by atoms with E-state index in [2.05, 4.69) is 4.90 Å². The minimum absolute atomic E-state index is 0.311. The van der Waals surface area contributed by atoms with Crippen molar-refractivity contribution in [1.82, 2.24) is 13.5 Å². The number of ether oxygens (including phenoxy) is 2. The Bertz CT molecular complexity index is 478. The predicted octanol–water partition coefficient (Wildman–Crippen LogP) is 0.880. The van der Waals surface area contributed by atoms with Gasteiger partial charge in [-0.15, -0.1) is 0 Å². The molecule has 0 N–H and O–H groups in total. The summed E-state index contributed by atoms with van der Waals surface area (Å²) in [6.45, 7) is 6.24. The summed E-state index contributed by atoms with van der Waals surface area (Å²) in [6.07, 6.45) is 4.06. The van der Waals surface area contributed by atoms with Crippen LogP contribution < -0.4 is 0 Å². The summed E-state index contributed by atoms with van der Waals surface area (Å²) in [7, 11) is 1.77. The molecule has 0 aromatic heterocycles. The first kappa shape index (κ1) is 21.1. The average Bonchev–Trinajstić information content (AvgIpc) is 2.61. The molecule has 0 aromatic rings. The third-order valence-corrected chi connectivity index (χ3v) is 7.36. The smallest absolute Gasteiger partial charge is 0.281 e. The summed E-state index contributed by atoms with van der Waals surface area (Å²) in [5, 5.41) is 0. The quantitative estimate of drug-likeness (QED) is 0.597. The van der Waals surface area contributed by atoms with E-state index in [1.807, 2.05) is 0 Å². The molecule has 0 aromatic carbocycles. The van der Waals surface area contributed by atoms with E-state index in [0.29, 0.717) is 38.1 Å². The molecule has 1 atom stereocenters. The van der Waals surface area contributed by atoms with Crippen molar-refractivity contribution in [2.45, 2.75) is 25.7 Å². The second kappa shape index (κ2) is 10.2. The Morgan fingerprint density at radius 1 is 1.04 bits per heavy atom. The van der Waals surface area contributed by atoms with Crippen LogP contribution >= 0.6 is 0 Å². The van der Waals surface area contributed by atoms with Crippen LogP contribution in [0.2, 0.25) is 0 Å². The number of piperidine rings is 2. The molecule has 8 heteroatoms. The Morgan fingerprint density at radius 2 is 1.76 bits per heavy atom. The third kappa shape index (κ3) is 6.15. The van der Waals surface area contributed by atoms with Crippen LogP contribution in [0.3, 0.4) is 0 Å². The van der Waals surface area contributed by atoms with Gasteiger partial charge in [-0.05, 0) is 50.6 Å². The molecule has 2 aliphatic heterocycles. The molecule has 7 nitrogen and oxygen atoms in total. The molecule has 0 radical (unpaired) electrons. The Balaban J connectivity index is 1.82. The van der Waals surface area contributed by atoms with Crippen LogP contribution in [0.25, 0.3) is 0 Å². The fourth-order valence-electron chi connectivity index (χ4n) is 3.88. The van der Waals surface area contributed by atoms with Gasteiger partial charge in [0.25, 0.3) is 10.2 Å². The van der Waals surface area contributed by atoms with Crippen molar-refractivity contribution in [3.63, 3.8) is 0 Å². The van der Waals surface area contributed by atoms with Crippen LogP contribution in [0.1, 0.15) is 25.7 Å². The first-order valence-corrected chi connectivity index (χ1v) is 10.8. The summed E-state index contributed by atoms with van der Waals surface area (Å²) in [5.41, 5.74) is 0. The van der Waals surface area contributed by atoms with Crippen molar-refractivity contribution in [3.8, 4) is 0 Å². The molecule has 1 unspecified atom stereocenters. The van der Waals surface area contributed by atoms with Gasteiger partial charge in [-0.1, -0.05) is 0 Å². The monoisotopic (exact) mass is 377 g/mol. The van der Waals surface area contributed by atoms with Gasteiger partial charge in [-0.2, -0.15) is 17.0 Å². The fourth-order valence-corrected chi connectivity index (χ4v) is 5.43. The van der Waals surface area contributed by atoms with E-state index in [-0.39, 0.29) is 0 Å². The highest BCUT2D eigenvalue weighted by atomic mass is 32.2. The van der Waals surface area contributed by atoms with Gasteiger partial charge in [-0.3, -0.25) is 0 Å². The maximum atomic E-state index is 12.9. The molecule has 0 saturated carbocycles. The SMILES string of the molecule is COCCN1CCC(CN(C)S(=O)(=O)N2CCCC(COC)C2)CC1. The highest BCUT2D eigenvalue weighted by Gasteiger charge is 2.33. The van der Waals surface area contributed by atoms with Gasteiger partial charge in [0.1, 0.15) is 0 Å². The van der Waals surface area contributed by atoms with Crippen LogP contribution in [0, 0.1) is 11.8 Å². The van der Waals surface area contributed by atoms with E-state index in [4.69, 9.17) is 9.47 Å². The fraction of sp³-hybridized carbons (Fsp3) is 1.00. The molecule has 2 aliphatic rings. The Morgan fingerprint density at radius 3 is 2.40 bits per heavy atom. The Labute approximate surface area is 153 Å². The van der Waals surface area contributed by atoms with Crippen LogP contribution in [0.4, 0.5) is 0 Å².